The van der Waals surface area contributed by atoms with Crippen LogP contribution in [0.15, 0.2) is 47.6 Å². The summed E-state index contributed by atoms with van der Waals surface area (Å²) in [6.45, 7) is 0.551. The first-order valence-corrected chi connectivity index (χ1v) is 7.00. The summed E-state index contributed by atoms with van der Waals surface area (Å²) >= 11 is 12.2. The zero-order chi connectivity index (χ0) is 15.4. The standard InChI is InChI=1S/C15H15Cl2N3O/c1-20(9-10-8-11(16)6-7-13(10)17)14-5-3-2-4-12(14)15(18)19-21/h2-8,21H,9H2,1H3,(H2,18,19). The first-order chi connectivity index (χ1) is 10.0. The summed E-state index contributed by atoms with van der Waals surface area (Å²) < 4.78 is 0. The lowest BCUT2D eigenvalue weighted by atomic mass is 10.1. The van der Waals surface area contributed by atoms with Crippen LogP contribution in [0.3, 0.4) is 0 Å². The van der Waals surface area contributed by atoms with Crippen molar-refractivity contribution in [1.29, 1.82) is 0 Å². The first-order valence-electron chi connectivity index (χ1n) is 6.25. The molecular weight excluding hydrogens is 309 g/mol. The number of hydrogen-bond acceptors (Lipinski definition) is 3. The van der Waals surface area contributed by atoms with Gasteiger partial charge in [-0.25, -0.2) is 0 Å². The highest BCUT2D eigenvalue weighted by Crippen LogP contribution is 2.25. The number of nitrogens with zero attached hydrogens (tertiary/aromatic N) is 2. The molecule has 6 heteroatoms. The zero-order valence-electron chi connectivity index (χ0n) is 11.4. The van der Waals surface area contributed by atoms with E-state index < -0.39 is 0 Å². The summed E-state index contributed by atoms with van der Waals surface area (Å²) in [4.78, 5) is 1.96. The summed E-state index contributed by atoms with van der Waals surface area (Å²) in [6, 6.07) is 12.7. The van der Waals surface area contributed by atoms with Gasteiger partial charge in [-0.3, -0.25) is 0 Å². The second kappa shape index (κ2) is 6.70. The van der Waals surface area contributed by atoms with E-state index in [4.69, 9.17) is 34.1 Å². The predicted octanol–water partition coefficient (Wildman–Crippen LogP) is 3.72. The summed E-state index contributed by atoms with van der Waals surface area (Å²) in [5.74, 6) is 0.0645. The average molecular weight is 324 g/mol. The van der Waals surface area contributed by atoms with E-state index in [0.717, 1.165) is 11.3 Å². The lowest BCUT2D eigenvalue weighted by Crippen LogP contribution is -2.22. The molecule has 4 nitrogen and oxygen atoms in total. The fourth-order valence-electron chi connectivity index (χ4n) is 2.08. The molecule has 3 N–H and O–H groups in total. The molecule has 0 aliphatic heterocycles. The van der Waals surface area contributed by atoms with Crippen LogP contribution in [0, 0.1) is 0 Å². The van der Waals surface area contributed by atoms with Crippen molar-refractivity contribution in [3.05, 3.63) is 63.6 Å². The van der Waals surface area contributed by atoms with Crippen LogP contribution in [-0.2, 0) is 6.54 Å². The van der Waals surface area contributed by atoms with E-state index >= 15 is 0 Å². The number of nitrogens with two attached hydrogens (primary N) is 1. The van der Waals surface area contributed by atoms with Crippen molar-refractivity contribution in [3.8, 4) is 0 Å². The molecule has 0 atom stereocenters. The van der Waals surface area contributed by atoms with Gasteiger partial charge in [0.2, 0.25) is 0 Å². The lowest BCUT2D eigenvalue weighted by Gasteiger charge is -2.22. The van der Waals surface area contributed by atoms with Gasteiger partial charge in [0, 0.05) is 34.9 Å². The summed E-state index contributed by atoms with van der Waals surface area (Å²) in [5.41, 5.74) is 8.10. The minimum atomic E-state index is 0.0645. The number of oxime groups is 1. The third-order valence-corrected chi connectivity index (χ3v) is 3.72. The van der Waals surface area contributed by atoms with Gasteiger partial charge in [-0.05, 0) is 35.9 Å². The van der Waals surface area contributed by atoms with Crippen molar-refractivity contribution in [2.24, 2.45) is 10.9 Å². The molecule has 0 aliphatic carbocycles. The molecule has 0 radical (unpaired) electrons. The van der Waals surface area contributed by atoms with Crippen LogP contribution < -0.4 is 10.6 Å². The molecular formula is C15H15Cl2N3O. The number of para-hydroxylation sites is 1. The largest absolute Gasteiger partial charge is 0.409 e. The number of rotatable bonds is 4. The first kappa shape index (κ1) is 15.5. The fourth-order valence-corrected chi connectivity index (χ4v) is 2.45. The smallest absolute Gasteiger partial charge is 0.172 e. The predicted molar refractivity (Wildman–Crippen MR) is 87.5 cm³/mol. The van der Waals surface area contributed by atoms with Crippen molar-refractivity contribution in [2.45, 2.75) is 6.54 Å². The fraction of sp³-hybridized carbons (Fsp3) is 0.133. The van der Waals surface area contributed by atoms with Crippen LogP contribution in [0.4, 0.5) is 5.69 Å². The average Bonchev–Trinajstić information content (AvgIpc) is 2.50. The van der Waals surface area contributed by atoms with E-state index in [-0.39, 0.29) is 5.84 Å². The van der Waals surface area contributed by atoms with Gasteiger partial charge in [-0.1, -0.05) is 40.5 Å². The Morgan fingerprint density at radius 1 is 1.24 bits per heavy atom. The lowest BCUT2D eigenvalue weighted by molar-refractivity contribution is 0.318. The van der Waals surface area contributed by atoms with Gasteiger partial charge < -0.3 is 15.8 Å². The molecule has 21 heavy (non-hydrogen) atoms. The summed E-state index contributed by atoms with van der Waals surface area (Å²) in [7, 11) is 1.90. The van der Waals surface area contributed by atoms with Crippen LogP contribution in [0.1, 0.15) is 11.1 Å². The molecule has 2 rings (SSSR count). The molecule has 0 aliphatic rings. The van der Waals surface area contributed by atoms with Crippen molar-refractivity contribution >= 4 is 34.7 Å². The van der Waals surface area contributed by atoms with E-state index in [1.54, 1.807) is 18.2 Å². The quantitative estimate of drug-likeness (QED) is 0.390. The molecule has 2 aromatic carbocycles. The molecule has 0 heterocycles. The Morgan fingerprint density at radius 3 is 2.67 bits per heavy atom. The van der Waals surface area contributed by atoms with Gasteiger partial charge in [0.05, 0.1) is 0 Å². The Balaban J connectivity index is 2.33. The minimum absolute atomic E-state index is 0.0645. The molecule has 0 amide bonds. The minimum Gasteiger partial charge on any atom is -0.409 e. The van der Waals surface area contributed by atoms with Crippen molar-refractivity contribution in [1.82, 2.24) is 0 Å². The third kappa shape index (κ3) is 3.60. The van der Waals surface area contributed by atoms with E-state index in [2.05, 4.69) is 5.16 Å². The van der Waals surface area contributed by atoms with Crippen LogP contribution in [0.2, 0.25) is 10.0 Å². The number of amidine groups is 1. The van der Waals surface area contributed by atoms with Gasteiger partial charge in [0.25, 0.3) is 0 Å². The SMILES string of the molecule is CN(Cc1cc(Cl)ccc1Cl)c1ccccc1/C(N)=N/O. The highest BCUT2D eigenvalue weighted by Gasteiger charge is 2.12. The highest BCUT2D eigenvalue weighted by atomic mass is 35.5. The van der Waals surface area contributed by atoms with Crippen molar-refractivity contribution < 1.29 is 5.21 Å². The molecule has 0 spiro atoms. The van der Waals surface area contributed by atoms with Crippen LogP contribution in [0.5, 0.6) is 0 Å². The Morgan fingerprint density at radius 2 is 1.95 bits per heavy atom. The molecule has 0 unspecified atom stereocenters. The van der Waals surface area contributed by atoms with Crippen molar-refractivity contribution in [3.63, 3.8) is 0 Å². The maximum absolute atomic E-state index is 8.87. The van der Waals surface area contributed by atoms with Gasteiger partial charge in [0.1, 0.15) is 0 Å². The summed E-state index contributed by atoms with van der Waals surface area (Å²) in [6.07, 6.45) is 0. The van der Waals surface area contributed by atoms with E-state index in [9.17, 15) is 0 Å². The van der Waals surface area contributed by atoms with Crippen LogP contribution in [-0.4, -0.2) is 18.1 Å². The van der Waals surface area contributed by atoms with Gasteiger partial charge in [-0.2, -0.15) is 0 Å². The number of hydrogen-bond donors (Lipinski definition) is 2. The van der Waals surface area contributed by atoms with Gasteiger partial charge >= 0.3 is 0 Å². The molecule has 110 valence electrons. The van der Waals surface area contributed by atoms with E-state index in [0.29, 0.717) is 22.2 Å². The van der Waals surface area contributed by atoms with Crippen LogP contribution in [0.25, 0.3) is 0 Å². The van der Waals surface area contributed by atoms with Gasteiger partial charge in [0.15, 0.2) is 5.84 Å². The van der Waals surface area contributed by atoms with Crippen molar-refractivity contribution in [2.75, 3.05) is 11.9 Å². The molecule has 0 fully saturated rings. The second-order valence-corrected chi connectivity index (χ2v) is 5.44. The highest BCUT2D eigenvalue weighted by molar-refractivity contribution is 6.33. The molecule has 0 saturated carbocycles. The summed E-state index contributed by atoms with van der Waals surface area (Å²) in [5, 5.41) is 13.2. The topological polar surface area (TPSA) is 61.8 Å². The Kier molecular flexibility index (Phi) is 4.94. The molecule has 0 aromatic heterocycles. The normalized spacial score (nSPS) is 11.5. The van der Waals surface area contributed by atoms with E-state index in [1.807, 2.05) is 36.2 Å². The number of halogens is 2. The van der Waals surface area contributed by atoms with E-state index in [1.165, 1.54) is 0 Å². The Hall–Kier alpha value is -1.91. The Bertz CT molecular complexity index is 674. The van der Waals surface area contributed by atoms with Crippen LogP contribution >= 0.6 is 23.2 Å². The number of benzene rings is 2. The number of anilines is 1. The molecule has 0 bridgehead atoms. The molecule has 2 aromatic rings. The molecule has 0 saturated heterocycles. The Labute approximate surface area is 133 Å². The maximum atomic E-state index is 8.87. The monoisotopic (exact) mass is 323 g/mol. The zero-order valence-corrected chi connectivity index (χ0v) is 12.9. The second-order valence-electron chi connectivity index (χ2n) is 4.59. The maximum Gasteiger partial charge on any atom is 0.172 e. The van der Waals surface area contributed by atoms with Gasteiger partial charge in [-0.15, -0.1) is 0 Å². The third-order valence-electron chi connectivity index (χ3n) is 3.11.